The molecule has 0 spiro atoms. The number of hydrogen-bond donors (Lipinski definition) is 1. The lowest BCUT2D eigenvalue weighted by molar-refractivity contribution is 0.205. The molecule has 5 heteroatoms. The number of nitrogens with zero attached hydrogens (tertiary/aromatic N) is 2. The third-order valence-electron chi connectivity index (χ3n) is 5.85. The summed E-state index contributed by atoms with van der Waals surface area (Å²) in [6.07, 6.45) is 5.85. The van der Waals surface area contributed by atoms with Crippen molar-refractivity contribution >= 4 is 21.7 Å². The normalized spacial score (nSPS) is 15.9. The Kier molecular flexibility index (Phi) is 4.70. The zero-order chi connectivity index (χ0) is 19.8. The molecule has 2 N–H and O–H groups in total. The number of para-hydroxylation sites is 1. The van der Waals surface area contributed by atoms with Gasteiger partial charge in [-0.2, -0.15) is 0 Å². The van der Waals surface area contributed by atoms with Gasteiger partial charge in [0.15, 0.2) is 0 Å². The fourth-order valence-electron chi connectivity index (χ4n) is 4.24. The van der Waals surface area contributed by atoms with E-state index in [0.717, 1.165) is 71.3 Å². The Labute approximate surface area is 170 Å². The predicted molar refractivity (Wildman–Crippen MR) is 116 cm³/mol. The van der Waals surface area contributed by atoms with Gasteiger partial charge in [-0.15, -0.1) is 0 Å². The molecule has 148 valence electrons. The number of rotatable bonds is 4. The lowest BCUT2D eigenvalue weighted by atomic mass is 10.0. The highest BCUT2D eigenvalue weighted by atomic mass is 16.5. The third kappa shape index (κ3) is 3.48. The largest absolute Gasteiger partial charge is 0.496 e. The highest BCUT2D eigenvalue weighted by Crippen LogP contribution is 2.36. The molecule has 0 unspecified atom stereocenters. The molecule has 4 aromatic rings. The number of pyridine rings is 1. The van der Waals surface area contributed by atoms with Crippen LogP contribution in [-0.4, -0.2) is 36.1 Å². The molecule has 0 aliphatic carbocycles. The minimum atomic E-state index is 0.336. The van der Waals surface area contributed by atoms with E-state index in [2.05, 4.69) is 34.1 Å². The number of fused-ring (bicyclic) bond motifs is 2. The molecule has 1 saturated heterocycles. The number of methoxy groups -OCH3 is 1. The summed E-state index contributed by atoms with van der Waals surface area (Å²) < 4.78 is 11.8. The van der Waals surface area contributed by atoms with Crippen molar-refractivity contribution in [2.45, 2.75) is 25.4 Å². The van der Waals surface area contributed by atoms with E-state index in [1.54, 1.807) is 7.11 Å². The molecular formula is C24H25N3O2. The van der Waals surface area contributed by atoms with Gasteiger partial charge in [0.2, 0.25) is 0 Å². The van der Waals surface area contributed by atoms with Gasteiger partial charge in [-0.05, 0) is 61.1 Å². The Hall–Kier alpha value is -2.89. The Balaban J connectivity index is 1.59. The van der Waals surface area contributed by atoms with Crippen molar-refractivity contribution in [2.24, 2.45) is 5.73 Å². The van der Waals surface area contributed by atoms with Crippen LogP contribution in [0.2, 0.25) is 0 Å². The van der Waals surface area contributed by atoms with Crippen LogP contribution < -0.4 is 10.5 Å². The van der Waals surface area contributed by atoms with E-state index in [4.69, 9.17) is 14.9 Å². The van der Waals surface area contributed by atoms with Crippen molar-refractivity contribution in [3.05, 3.63) is 60.4 Å². The first kappa shape index (κ1) is 18.2. The fourth-order valence-corrected chi connectivity index (χ4v) is 4.24. The van der Waals surface area contributed by atoms with Crippen LogP contribution >= 0.6 is 0 Å². The maximum atomic E-state index is 6.13. The van der Waals surface area contributed by atoms with Crippen LogP contribution in [0.5, 0.6) is 5.75 Å². The zero-order valence-corrected chi connectivity index (χ0v) is 16.6. The number of nitrogens with two attached hydrogens (primary N) is 1. The second-order valence-corrected chi connectivity index (χ2v) is 7.84. The first-order valence-corrected chi connectivity index (χ1v) is 10.1. The highest BCUT2D eigenvalue weighted by molar-refractivity contribution is 6.00. The number of likely N-dealkylation sites (tertiary alicyclic amines) is 1. The molecule has 0 amide bonds. The predicted octanol–water partition coefficient (Wildman–Crippen LogP) is 4.58. The van der Waals surface area contributed by atoms with E-state index in [1.807, 2.05) is 30.6 Å². The summed E-state index contributed by atoms with van der Waals surface area (Å²) in [6, 6.07) is 14.9. The maximum Gasteiger partial charge on any atom is 0.137 e. The summed E-state index contributed by atoms with van der Waals surface area (Å²) in [5, 5.41) is 3.18. The van der Waals surface area contributed by atoms with Crippen molar-refractivity contribution < 1.29 is 9.15 Å². The fraction of sp³-hybridized carbons (Fsp3) is 0.292. The van der Waals surface area contributed by atoms with Gasteiger partial charge in [0.25, 0.3) is 0 Å². The summed E-state index contributed by atoms with van der Waals surface area (Å²) in [5.41, 5.74) is 9.16. The molecule has 0 saturated carbocycles. The molecule has 5 nitrogen and oxygen atoms in total. The minimum Gasteiger partial charge on any atom is -0.496 e. The average Bonchev–Trinajstić information content (AvgIpc) is 3.18. The van der Waals surface area contributed by atoms with Crippen LogP contribution in [0, 0.1) is 0 Å². The third-order valence-corrected chi connectivity index (χ3v) is 5.85. The Morgan fingerprint density at radius 1 is 1.10 bits per heavy atom. The molecule has 0 radical (unpaired) electrons. The summed E-state index contributed by atoms with van der Waals surface area (Å²) in [7, 11) is 1.71. The molecule has 0 atom stereocenters. The number of furan rings is 1. The Morgan fingerprint density at radius 2 is 1.93 bits per heavy atom. The first-order valence-electron chi connectivity index (χ1n) is 10.1. The molecule has 1 aliphatic rings. The summed E-state index contributed by atoms with van der Waals surface area (Å²) in [6.45, 7) is 2.96. The lowest BCUT2D eigenvalue weighted by Crippen LogP contribution is -2.39. The van der Waals surface area contributed by atoms with Crippen LogP contribution in [0.1, 0.15) is 18.4 Å². The number of hydrogen-bond acceptors (Lipinski definition) is 5. The van der Waals surface area contributed by atoms with Gasteiger partial charge in [-0.3, -0.25) is 9.88 Å². The molecule has 1 fully saturated rings. The van der Waals surface area contributed by atoms with Gasteiger partial charge in [0, 0.05) is 41.3 Å². The highest BCUT2D eigenvalue weighted by Gasteiger charge is 2.18. The number of piperidine rings is 1. The Morgan fingerprint density at radius 3 is 2.72 bits per heavy atom. The van der Waals surface area contributed by atoms with Crippen molar-refractivity contribution in [3.8, 4) is 17.1 Å². The number of ether oxygens (including phenoxy) is 1. The molecule has 2 aromatic carbocycles. The second-order valence-electron chi connectivity index (χ2n) is 7.84. The summed E-state index contributed by atoms with van der Waals surface area (Å²) in [4.78, 5) is 6.92. The van der Waals surface area contributed by atoms with Crippen molar-refractivity contribution in [3.63, 3.8) is 0 Å². The Bertz CT molecular complexity index is 1130. The smallest absolute Gasteiger partial charge is 0.137 e. The van der Waals surface area contributed by atoms with E-state index >= 15 is 0 Å². The standard InChI is InChI=1S/C24H25N3O2/c1-28-23-11-16(15-27-8-6-18(25)7-9-27)10-19-20(23)13-26-14-21(19)24-12-17-4-2-3-5-22(17)29-24/h2-5,10-14,18H,6-9,15,25H2,1H3. The molecule has 3 heterocycles. The van der Waals surface area contributed by atoms with E-state index in [9.17, 15) is 0 Å². The quantitative estimate of drug-likeness (QED) is 0.555. The topological polar surface area (TPSA) is 64.5 Å². The van der Waals surface area contributed by atoms with Crippen molar-refractivity contribution in [1.82, 2.24) is 9.88 Å². The van der Waals surface area contributed by atoms with Crippen LogP contribution in [0.3, 0.4) is 0 Å². The van der Waals surface area contributed by atoms with E-state index in [0.29, 0.717) is 6.04 Å². The van der Waals surface area contributed by atoms with E-state index in [-0.39, 0.29) is 0 Å². The van der Waals surface area contributed by atoms with Gasteiger partial charge in [-0.1, -0.05) is 18.2 Å². The van der Waals surface area contributed by atoms with Crippen LogP contribution in [0.15, 0.2) is 59.3 Å². The van der Waals surface area contributed by atoms with Crippen molar-refractivity contribution in [1.29, 1.82) is 0 Å². The van der Waals surface area contributed by atoms with Gasteiger partial charge in [-0.25, -0.2) is 0 Å². The average molecular weight is 387 g/mol. The maximum absolute atomic E-state index is 6.13. The van der Waals surface area contributed by atoms with Crippen LogP contribution in [0.25, 0.3) is 33.1 Å². The van der Waals surface area contributed by atoms with Gasteiger partial charge >= 0.3 is 0 Å². The zero-order valence-electron chi connectivity index (χ0n) is 16.6. The number of benzene rings is 2. The first-order chi connectivity index (χ1) is 14.2. The van der Waals surface area contributed by atoms with Gasteiger partial charge < -0.3 is 14.9 Å². The number of aromatic nitrogens is 1. The van der Waals surface area contributed by atoms with Gasteiger partial charge in [0.05, 0.1) is 7.11 Å². The lowest BCUT2D eigenvalue weighted by Gasteiger charge is -2.30. The van der Waals surface area contributed by atoms with Crippen LogP contribution in [0.4, 0.5) is 0 Å². The van der Waals surface area contributed by atoms with Crippen LogP contribution in [-0.2, 0) is 6.54 Å². The molecule has 2 aromatic heterocycles. The molecule has 5 rings (SSSR count). The molecule has 0 bridgehead atoms. The van der Waals surface area contributed by atoms with Gasteiger partial charge in [0.1, 0.15) is 17.1 Å². The second kappa shape index (κ2) is 7.50. The van der Waals surface area contributed by atoms with E-state index in [1.165, 1.54) is 5.56 Å². The summed E-state index contributed by atoms with van der Waals surface area (Å²) in [5.74, 6) is 1.67. The SMILES string of the molecule is COc1cc(CN2CCC(N)CC2)cc2c(-c3cc4ccccc4o3)cncc12. The minimum absolute atomic E-state index is 0.336. The molecular weight excluding hydrogens is 362 g/mol. The summed E-state index contributed by atoms with van der Waals surface area (Å²) >= 11 is 0. The van der Waals surface area contributed by atoms with Crippen molar-refractivity contribution in [2.75, 3.05) is 20.2 Å². The monoisotopic (exact) mass is 387 g/mol. The molecule has 1 aliphatic heterocycles. The van der Waals surface area contributed by atoms with E-state index < -0.39 is 0 Å². The molecule has 29 heavy (non-hydrogen) atoms.